The second kappa shape index (κ2) is 4.15. The van der Waals surface area contributed by atoms with Crippen LogP contribution < -0.4 is 5.63 Å². The molecule has 0 spiro atoms. The number of rotatable bonds is 1. The number of hydrogen-bond donors (Lipinski definition) is 0. The Bertz CT molecular complexity index is 755. The summed E-state index contributed by atoms with van der Waals surface area (Å²) in [5.41, 5.74) is 3.35. The summed E-state index contributed by atoms with van der Waals surface area (Å²) in [5.74, 6) is 0. The van der Waals surface area contributed by atoms with Gasteiger partial charge in [-0.3, -0.25) is 0 Å². The van der Waals surface area contributed by atoms with Gasteiger partial charge in [0.15, 0.2) is 0 Å². The molecular formula is C16H12O2. The molecule has 0 aliphatic carbocycles. The average molecular weight is 236 g/mol. The highest BCUT2D eigenvalue weighted by molar-refractivity contribution is 5.93. The van der Waals surface area contributed by atoms with Crippen LogP contribution in [0.4, 0.5) is 0 Å². The van der Waals surface area contributed by atoms with E-state index in [4.69, 9.17) is 4.42 Å². The lowest BCUT2D eigenvalue weighted by Gasteiger charge is -2.05. The zero-order valence-electron chi connectivity index (χ0n) is 10.0. The lowest BCUT2D eigenvalue weighted by Crippen LogP contribution is -1.98. The molecule has 0 aliphatic heterocycles. The van der Waals surface area contributed by atoms with Crippen molar-refractivity contribution in [2.24, 2.45) is 0 Å². The largest absolute Gasteiger partial charge is 0.423 e. The van der Waals surface area contributed by atoms with Crippen molar-refractivity contribution in [1.29, 1.82) is 0 Å². The van der Waals surface area contributed by atoms with Gasteiger partial charge in [-0.15, -0.1) is 0 Å². The van der Waals surface area contributed by atoms with Gasteiger partial charge in [0.25, 0.3) is 0 Å². The first-order valence-corrected chi connectivity index (χ1v) is 5.84. The van der Waals surface area contributed by atoms with Crippen molar-refractivity contribution in [2.45, 2.75) is 6.92 Å². The number of benzene rings is 2. The third kappa shape index (κ3) is 1.82. The van der Waals surface area contributed by atoms with Crippen LogP contribution >= 0.6 is 0 Å². The Balaban J connectivity index is 2.39. The Hall–Kier alpha value is -2.35. The molecule has 1 heterocycles. The molecule has 0 N–H and O–H groups in total. The van der Waals surface area contributed by atoms with Gasteiger partial charge in [-0.1, -0.05) is 42.5 Å². The topological polar surface area (TPSA) is 30.2 Å². The summed E-state index contributed by atoms with van der Waals surface area (Å²) in [6.45, 7) is 1.98. The Morgan fingerprint density at radius 2 is 1.72 bits per heavy atom. The van der Waals surface area contributed by atoms with E-state index in [1.54, 1.807) is 6.07 Å². The first kappa shape index (κ1) is 10.8. The molecule has 0 radical (unpaired) electrons. The van der Waals surface area contributed by atoms with Gasteiger partial charge < -0.3 is 4.42 Å². The summed E-state index contributed by atoms with van der Waals surface area (Å²) in [4.78, 5) is 11.6. The molecule has 0 saturated carbocycles. The molecule has 88 valence electrons. The van der Waals surface area contributed by atoms with Crippen LogP contribution in [0, 0.1) is 6.92 Å². The lowest BCUT2D eigenvalue weighted by molar-refractivity contribution is 0.561. The molecule has 2 aromatic carbocycles. The summed E-state index contributed by atoms with van der Waals surface area (Å²) >= 11 is 0. The SMILES string of the molecule is Cc1ccc2c(-c3ccccc3)cc(=O)oc2c1. The molecule has 1 aromatic heterocycles. The summed E-state index contributed by atoms with van der Waals surface area (Å²) in [5, 5.41) is 0.964. The van der Waals surface area contributed by atoms with Crippen LogP contribution in [0.1, 0.15) is 5.56 Å². The maximum Gasteiger partial charge on any atom is 0.336 e. The minimum absolute atomic E-state index is 0.313. The Morgan fingerprint density at radius 3 is 2.50 bits per heavy atom. The molecule has 0 amide bonds. The first-order valence-electron chi connectivity index (χ1n) is 5.84. The van der Waals surface area contributed by atoms with Gasteiger partial charge in [0.2, 0.25) is 0 Å². The predicted molar refractivity (Wildman–Crippen MR) is 72.7 cm³/mol. The fraction of sp³-hybridized carbons (Fsp3) is 0.0625. The van der Waals surface area contributed by atoms with E-state index in [1.165, 1.54) is 0 Å². The van der Waals surface area contributed by atoms with Crippen LogP contribution in [0.5, 0.6) is 0 Å². The van der Waals surface area contributed by atoms with Gasteiger partial charge in [0, 0.05) is 11.5 Å². The zero-order chi connectivity index (χ0) is 12.5. The molecule has 2 nitrogen and oxygen atoms in total. The molecule has 0 saturated heterocycles. The molecule has 0 fully saturated rings. The quantitative estimate of drug-likeness (QED) is 0.602. The highest BCUT2D eigenvalue weighted by Crippen LogP contribution is 2.27. The summed E-state index contributed by atoms with van der Waals surface area (Å²) in [6, 6.07) is 17.3. The van der Waals surface area contributed by atoms with Crippen LogP contribution in [0.3, 0.4) is 0 Å². The van der Waals surface area contributed by atoms with Gasteiger partial charge in [0.05, 0.1) is 0 Å². The summed E-state index contributed by atoms with van der Waals surface area (Å²) < 4.78 is 5.25. The standard InChI is InChI=1S/C16H12O2/c1-11-7-8-13-14(12-5-3-2-4-6-12)10-16(17)18-15(13)9-11/h2-10H,1H3. The van der Waals surface area contributed by atoms with Crippen LogP contribution in [-0.4, -0.2) is 0 Å². The zero-order valence-corrected chi connectivity index (χ0v) is 10.0. The molecular weight excluding hydrogens is 224 g/mol. The van der Waals surface area contributed by atoms with E-state index in [1.807, 2.05) is 55.5 Å². The second-order valence-corrected chi connectivity index (χ2v) is 4.34. The van der Waals surface area contributed by atoms with E-state index in [9.17, 15) is 4.79 Å². The number of fused-ring (bicyclic) bond motifs is 1. The van der Waals surface area contributed by atoms with Gasteiger partial charge in [-0.25, -0.2) is 4.79 Å². The first-order chi connectivity index (χ1) is 8.74. The van der Waals surface area contributed by atoms with Crippen LogP contribution in [0.25, 0.3) is 22.1 Å². The molecule has 3 aromatic rings. The van der Waals surface area contributed by atoms with Gasteiger partial charge >= 0.3 is 5.63 Å². The average Bonchev–Trinajstić information content (AvgIpc) is 2.38. The van der Waals surface area contributed by atoms with Crippen LogP contribution in [-0.2, 0) is 0 Å². The predicted octanol–water partition coefficient (Wildman–Crippen LogP) is 3.77. The highest BCUT2D eigenvalue weighted by atomic mass is 16.4. The van der Waals surface area contributed by atoms with E-state index in [2.05, 4.69) is 0 Å². The van der Waals surface area contributed by atoms with E-state index < -0.39 is 0 Å². The molecule has 18 heavy (non-hydrogen) atoms. The third-order valence-electron chi connectivity index (χ3n) is 2.98. The Morgan fingerprint density at radius 1 is 0.944 bits per heavy atom. The summed E-state index contributed by atoms with van der Waals surface area (Å²) in [6.07, 6.45) is 0. The van der Waals surface area contributed by atoms with Crippen molar-refractivity contribution in [3.63, 3.8) is 0 Å². The molecule has 0 unspecified atom stereocenters. The molecule has 0 atom stereocenters. The van der Waals surface area contributed by atoms with Gasteiger partial charge in [0.1, 0.15) is 5.58 Å². The van der Waals surface area contributed by atoms with Crippen LogP contribution in [0.2, 0.25) is 0 Å². The monoisotopic (exact) mass is 236 g/mol. The van der Waals surface area contributed by atoms with Crippen LogP contribution in [0.15, 0.2) is 63.8 Å². The minimum atomic E-state index is -0.313. The van der Waals surface area contributed by atoms with Gasteiger partial charge in [-0.2, -0.15) is 0 Å². The van der Waals surface area contributed by atoms with Gasteiger partial charge in [-0.05, 0) is 29.7 Å². The lowest BCUT2D eigenvalue weighted by atomic mass is 10.0. The van der Waals surface area contributed by atoms with Crippen molar-refractivity contribution in [2.75, 3.05) is 0 Å². The van der Waals surface area contributed by atoms with Crippen molar-refractivity contribution in [3.05, 3.63) is 70.6 Å². The smallest absolute Gasteiger partial charge is 0.336 e. The highest BCUT2D eigenvalue weighted by Gasteiger charge is 2.07. The van der Waals surface area contributed by atoms with Crippen molar-refractivity contribution < 1.29 is 4.42 Å². The Kier molecular flexibility index (Phi) is 2.49. The number of aryl methyl sites for hydroxylation is 1. The van der Waals surface area contributed by atoms with E-state index >= 15 is 0 Å². The Labute approximate surface area is 105 Å². The maximum absolute atomic E-state index is 11.6. The fourth-order valence-corrected chi connectivity index (χ4v) is 2.13. The van der Waals surface area contributed by atoms with E-state index in [0.717, 1.165) is 22.1 Å². The second-order valence-electron chi connectivity index (χ2n) is 4.34. The van der Waals surface area contributed by atoms with Crippen molar-refractivity contribution in [3.8, 4) is 11.1 Å². The number of hydrogen-bond acceptors (Lipinski definition) is 2. The minimum Gasteiger partial charge on any atom is -0.423 e. The third-order valence-corrected chi connectivity index (χ3v) is 2.98. The van der Waals surface area contributed by atoms with E-state index in [0.29, 0.717) is 5.58 Å². The fourth-order valence-electron chi connectivity index (χ4n) is 2.13. The molecule has 0 aliphatic rings. The maximum atomic E-state index is 11.6. The molecule has 3 rings (SSSR count). The summed E-state index contributed by atoms with van der Waals surface area (Å²) in [7, 11) is 0. The van der Waals surface area contributed by atoms with Crippen molar-refractivity contribution in [1.82, 2.24) is 0 Å². The van der Waals surface area contributed by atoms with E-state index in [-0.39, 0.29) is 5.63 Å². The molecule has 2 heteroatoms. The molecule has 0 bridgehead atoms. The van der Waals surface area contributed by atoms with Crippen molar-refractivity contribution >= 4 is 11.0 Å². The normalized spacial score (nSPS) is 10.7.